The van der Waals surface area contributed by atoms with E-state index in [0.29, 0.717) is 0 Å². The molecule has 0 saturated carbocycles. The molecule has 8 aromatic carbocycles. The Labute approximate surface area is 289 Å². The first-order valence-corrected chi connectivity index (χ1v) is 17.2. The normalized spacial score (nSPS) is 11.9. The lowest BCUT2D eigenvalue weighted by atomic mass is 9.91. The summed E-state index contributed by atoms with van der Waals surface area (Å²) in [5.74, 6) is 0. The fraction of sp³-hybridized carbons (Fsp3) is 0.0638. The van der Waals surface area contributed by atoms with Crippen LogP contribution in [0.2, 0.25) is 0 Å². The molecule has 50 heavy (non-hydrogen) atoms. The van der Waals surface area contributed by atoms with E-state index < -0.39 is 0 Å². The minimum Gasteiger partial charge on any atom is -0.455 e. The Morgan fingerprint density at radius 2 is 1.10 bits per heavy atom. The molecule has 0 fully saturated rings. The first-order valence-electron chi connectivity index (χ1n) is 17.2. The molecule has 10 rings (SSSR count). The second-order valence-electron chi connectivity index (χ2n) is 13.5. The van der Waals surface area contributed by atoms with Crippen molar-refractivity contribution < 1.29 is 4.42 Å². The third-order valence-electron chi connectivity index (χ3n) is 10.3. The van der Waals surface area contributed by atoms with Crippen molar-refractivity contribution in [1.29, 1.82) is 0 Å². The molecule has 0 spiro atoms. The number of aryl methyl sites for hydroxylation is 3. The molecule has 0 bridgehead atoms. The van der Waals surface area contributed by atoms with E-state index in [-0.39, 0.29) is 0 Å². The zero-order valence-corrected chi connectivity index (χ0v) is 28.1. The molecule has 0 unspecified atom stereocenters. The van der Waals surface area contributed by atoms with Gasteiger partial charge in [-0.25, -0.2) is 4.98 Å². The Balaban J connectivity index is 1.21. The van der Waals surface area contributed by atoms with E-state index in [9.17, 15) is 0 Å². The van der Waals surface area contributed by atoms with Gasteiger partial charge in [0, 0.05) is 38.2 Å². The maximum atomic E-state index is 7.04. The summed E-state index contributed by atoms with van der Waals surface area (Å²) in [4.78, 5) is 10.3. The monoisotopic (exact) mass is 640 g/mol. The highest BCUT2D eigenvalue weighted by Gasteiger charge is 2.21. The van der Waals surface area contributed by atoms with Crippen LogP contribution in [-0.4, -0.2) is 9.97 Å². The number of hydrogen-bond acceptors (Lipinski definition) is 3. The molecule has 3 heteroatoms. The maximum Gasteiger partial charge on any atom is 0.143 e. The summed E-state index contributed by atoms with van der Waals surface area (Å²) < 4.78 is 7.04. The van der Waals surface area contributed by atoms with Crippen LogP contribution in [0, 0.1) is 20.8 Å². The molecule has 0 amide bonds. The Morgan fingerprint density at radius 3 is 1.86 bits per heavy atom. The quantitative estimate of drug-likeness (QED) is 0.180. The Bertz CT molecular complexity index is 2960. The van der Waals surface area contributed by atoms with Crippen LogP contribution in [0.15, 0.2) is 144 Å². The lowest BCUT2D eigenvalue weighted by Gasteiger charge is -2.12. The molecular formula is C47H32N2O. The van der Waals surface area contributed by atoms with Gasteiger partial charge in [-0.05, 0) is 76.7 Å². The van der Waals surface area contributed by atoms with Crippen molar-refractivity contribution in [2.24, 2.45) is 0 Å². The van der Waals surface area contributed by atoms with Gasteiger partial charge in [0.25, 0.3) is 0 Å². The van der Waals surface area contributed by atoms with Crippen LogP contribution in [-0.2, 0) is 0 Å². The summed E-state index contributed by atoms with van der Waals surface area (Å²) in [6, 6.07) is 47.6. The van der Waals surface area contributed by atoms with E-state index >= 15 is 0 Å². The van der Waals surface area contributed by atoms with Crippen LogP contribution in [0.3, 0.4) is 0 Å². The highest BCUT2D eigenvalue weighted by Crippen LogP contribution is 2.45. The fourth-order valence-corrected chi connectivity index (χ4v) is 8.27. The van der Waals surface area contributed by atoms with Gasteiger partial charge in [-0.2, -0.15) is 0 Å². The van der Waals surface area contributed by atoms with Crippen LogP contribution in [0.25, 0.3) is 98.8 Å². The van der Waals surface area contributed by atoms with E-state index in [4.69, 9.17) is 14.4 Å². The number of nitrogens with zero attached hydrogens (tertiary/aromatic N) is 2. The van der Waals surface area contributed by atoms with E-state index in [0.717, 1.165) is 71.7 Å². The van der Waals surface area contributed by atoms with Crippen LogP contribution in [0.4, 0.5) is 0 Å². The van der Waals surface area contributed by atoms with Crippen molar-refractivity contribution in [3.63, 3.8) is 0 Å². The number of hydrogen-bond donors (Lipinski definition) is 0. The van der Waals surface area contributed by atoms with Crippen LogP contribution < -0.4 is 0 Å². The maximum absolute atomic E-state index is 7.04. The van der Waals surface area contributed by atoms with E-state index in [1.807, 2.05) is 6.20 Å². The highest BCUT2D eigenvalue weighted by atomic mass is 16.3. The lowest BCUT2D eigenvalue weighted by Crippen LogP contribution is -1.92. The van der Waals surface area contributed by atoms with Crippen LogP contribution >= 0.6 is 0 Å². The minimum atomic E-state index is 0.842. The standard InChI is InChI=1S/C47H32N2O/c1-27-22-28(2)42(29(3)23-27)38-20-11-21-39-43-33-15-5-4-12-31(33)25-40(47(43)50-46(38)39)30-13-10-14-32(24-30)41-26-48-44-36-18-8-6-16-34(36)35-17-7-9-19-37(35)45(44)49-41/h4-26H,1-3H3. The van der Waals surface area contributed by atoms with Crippen molar-refractivity contribution in [3.05, 3.63) is 156 Å². The first kappa shape index (κ1) is 28.7. The molecule has 0 aliphatic heterocycles. The van der Waals surface area contributed by atoms with Crippen LogP contribution in [0.5, 0.6) is 0 Å². The van der Waals surface area contributed by atoms with E-state index in [1.165, 1.54) is 43.8 Å². The summed E-state index contributed by atoms with van der Waals surface area (Å²) in [6.07, 6.45) is 1.92. The average molecular weight is 641 g/mol. The van der Waals surface area contributed by atoms with Gasteiger partial charge in [-0.1, -0.05) is 127 Å². The van der Waals surface area contributed by atoms with Crippen LogP contribution in [0.1, 0.15) is 16.7 Å². The summed E-state index contributed by atoms with van der Waals surface area (Å²) in [5, 5.41) is 9.26. The molecular weight excluding hydrogens is 609 g/mol. The molecule has 10 aromatic rings. The number of furan rings is 1. The van der Waals surface area contributed by atoms with Gasteiger partial charge in [-0.15, -0.1) is 0 Å². The van der Waals surface area contributed by atoms with Crippen molar-refractivity contribution in [3.8, 4) is 33.5 Å². The molecule has 236 valence electrons. The van der Waals surface area contributed by atoms with Gasteiger partial charge < -0.3 is 4.42 Å². The molecule has 0 radical (unpaired) electrons. The molecule has 0 saturated heterocycles. The summed E-state index contributed by atoms with van der Waals surface area (Å²) in [7, 11) is 0. The Hall–Kier alpha value is -6.32. The summed E-state index contributed by atoms with van der Waals surface area (Å²) >= 11 is 0. The molecule has 2 heterocycles. The Morgan fingerprint density at radius 1 is 0.480 bits per heavy atom. The van der Waals surface area contributed by atoms with Crippen molar-refractivity contribution in [1.82, 2.24) is 9.97 Å². The van der Waals surface area contributed by atoms with Crippen molar-refractivity contribution in [2.75, 3.05) is 0 Å². The minimum absolute atomic E-state index is 0.842. The van der Waals surface area contributed by atoms with Crippen molar-refractivity contribution >= 4 is 65.3 Å². The largest absolute Gasteiger partial charge is 0.455 e. The van der Waals surface area contributed by atoms with Gasteiger partial charge in [0.2, 0.25) is 0 Å². The van der Waals surface area contributed by atoms with Gasteiger partial charge in [-0.3, -0.25) is 4.98 Å². The van der Waals surface area contributed by atoms with E-state index in [2.05, 4.69) is 154 Å². The molecule has 2 aromatic heterocycles. The third kappa shape index (κ3) is 4.23. The zero-order valence-electron chi connectivity index (χ0n) is 28.1. The summed E-state index contributed by atoms with van der Waals surface area (Å²) in [6.45, 7) is 6.56. The van der Waals surface area contributed by atoms with Gasteiger partial charge in [0.05, 0.1) is 22.9 Å². The number of fused-ring (bicyclic) bond motifs is 11. The number of benzene rings is 8. The second-order valence-corrected chi connectivity index (χ2v) is 13.5. The van der Waals surface area contributed by atoms with Gasteiger partial charge >= 0.3 is 0 Å². The molecule has 0 aliphatic rings. The topological polar surface area (TPSA) is 38.9 Å². The molecule has 3 nitrogen and oxygen atoms in total. The predicted octanol–water partition coefficient (Wildman–Crippen LogP) is 12.9. The fourth-order valence-electron chi connectivity index (χ4n) is 8.27. The van der Waals surface area contributed by atoms with Crippen molar-refractivity contribution in [2.45, 2.75) is 20.8 Å². The first-order chi connectivity index (χ1) is 24.5. The smallest absolute Gasteiger partial charge is 0.143 e. The zero-order chi connectivity index (χ0) is 33.5. The highest BCUT2D eigenvalue weighted by molar-refractivity contribution is 6.25. The summed E-state index contributed by atoms with van der Waals surface area (Å²) in [5.41, 5.74) is 13.8. The third-order valence-corrected chi connectivity index (χ3v) is 10.3. The Kier molecular flexibility index (Phi) is 6.22. The van der Waals surface area contributed by atoms with Gasteiger partial charge in [0.15, 0.2) is 0 Å². The molecule has 0 aliphatic carbocycles. The SMILES string of the molecule is Cc1cc(C)c(-c2cccc3c2oc2c(-c4cccc(-c5cnc6c7ccccc7c7ccccc7c6n5)c4)cc4ccccc4c23)c(C)c1. The van der Waals surface area contributed by atoms with Gasteiger partial charge in [0.1, 0.15) is 11.2 Å². The van der Waals surface area contributed by atoms with E-state index in [1.54, 1.807) is 0 Å². The lowest BCUT2D eigenvalue weighted by molar-refractivity contribution is 0.671. The number of para-hydroxylation sites is 1. The average Bonchev–Trinajstić information content (AvgIpc) is 3.55. The second kappa shape index (κ2) is 10.8. The molecule has 0 N–H and O–H groups in total. The number of rotatable bonds is 3. The number of aromatic nitrogens is 2. The predicted molar refractivity (Wildman–Crippen MR) is 210 cm³/mol. The molecule has 0 atom stereocenters.